The highest BCUT2D eigenvalue weighted by Crippen LogP contribution is 2.38. The van der Waals surface area contributed by atoms with Crippen LogP contribution in [-0.2, 0) is 23.0 Å². The second-order valence-corrected chi connectivity index (χ2v) is 8.43. The summed E-state index contributed by atoms with van der Waals surface area (Å²) in [6, 6.07) is 5.80. The van der Waals surface area contributed by atoms with Crippen LogP contribution in [0.5, 0.6) is 5.75 Å². The van der Waals surface area contributed by atoms with E-state index in [1.54, 1.807) is 30.1 Å². The van der Waals surface area contributed by atoms with Gasteiger partial charge < -0.3 is 33.5 Å². The number of esters is 1. The number of rotatable bonds is 5. The molecule has 168 valence electrons. The van der Waals surface area contributed by atoms with Gasteiger partial charge in [0.25, 0.3) is 6.33 Å². The maximum Gasteiger partial charge on any atom is 0.416 e. The normalized spacial score (nSPS) is 22.0. The average molecular weight is 560 g/mol. The number of hydrogen-bond donors (Lipinski definition) is 0. The molecule has 2 bridgehead atoms. The minimum Gasteiger partial charge on any atom is -1.00 e. The maximum absolute atomic E-state index is 12.9. The topological polar surface area (TPSA) is 64.7 Å². The van der Waals surface area contributed by atoms with Crippen molar-refractivity contribution in [1.29, 1.82) is 0 Å². The third-order valence-electron chi connectivity index (χ3n) is 5.84. The largest absolute Gasteiger partial charge is 1.00 e. The Labute approximate surface area is 204 Å². The van der Waals surface area contributed by atoms with Crippen molar-refractivity contribution >= 4 is 23.6 Å². The lowest BCUT2D eigenvalue weighted by molar-refractivity contribution is -0.670. The second kappa shape index (κ2) is 10.2. The maximum atomic E-state index is 12.9. The first-order chi connectivity index (χ1) is 14.4. The zero-order valence-corrected chi connectivity index (χ0v) is 20.6. The van der Waals surface area contributed by atoms with E-state index in [0.29, 0.717) is 17.4 Å². The number of aryl methyl sites for hydroxylation is 1. The van der Waals surface area contributed by atoms with E-state index in [0.717, 1.165) is 31.2 Å². The number of carbonyl (C=O) groups excluding carboxylic acids is 2. The van der Waals surface area contributed by atoms with Crippen LogP contribution in [-0.4, -0.2) is 46.3 Å². The fourth-order valence-electron chi connectivity index (χ4n) is 4.54. The average Bonchev–Trinajstić information content (AvgIpc) is 3.24. The van der Waals surface area contributed by atoms with E-state index in [9.17, 15) is 9.59 Å². The summed E-state index contributed by atoms with van der Waals surface area (Å²) in [6.07, 6.45) is 9.22. The first kappa shape index (κ1) is 23.8. The van der Waals surface area contributed by atoms with Gasteiger partial charge in [0.2, 0.25) is 0 Å². The molecule has 7 nitrogen and oxygen atoms in total. The Hall–Kier alpha value is -1.81. The molecular formula is C22H27ClIN3O4. The van der Waals surface area contributed by atoms with E-state index in [1.807, 2.05) is 34.8 Å². The molecule has 0 N–H and O–H groups in total. The first-order valence-electron chi connectivity index (χ1n) is 10.4. The molecule has 0 radical (unpaired) electrons. The number of benzene rings is 1. The molecule has 3 atom stereocenters. The van der Waals surface area contributed by atoms with E-state index < -0.39 is 0 Å². The number of carbonyl (C=O) groups is 2. The van der Waals surface area contributed by atoms with Crippen LogP contribution < -0.4 is 33.3 Å². The van der Waals surface area contributed by atoms with Gasteiger partial charge >= 0.3 is 12.0 Å². The molecule has 1 aromatic heterocycles. The van der Waals surface area contributed by atoms with E-state index in [4.69, 9.17) is 21.1 Å². The number of amides is 1. The molecule has 2 aromatic rings. The van der Waals surface area contributed by atoms with Crippen molar-refractivity contribution in [1.82, 2.24) is 9.47 Å². The standard InChI is InChI=1S/C22H27ClN3O4.HI/c1-3-29-21(27)11-15-4-7-20(19(23)10-15)30-18-12-16-5-6-17(13-18)26(16)22(28)25-9-8-24(2)14-25;/h4,7-10,14,16-18H,3,5-6,11-13H2,1-2H3;1H/q+1;/p-1/t16-,17+,18+;. The lowest BCUT2D eigenvalue weighted by atomic mass is 10.00. The van der Waals surface area contributed by atoms with Crippen molar-refractivity contribution in [3.8, 4) is 5.75 Å². The van der Waals surface area contributed by atoms with Crippen LogP contribution in [0.2, 0.25) is 5.02 Å². The van der Waals surface area contributed by atoms with Crippen molar-refractivity contribution in [2.45, 2.75) is 57.2 Å². The zero-order chi connectivity index (χ0) is 21.3. The molecule has 3 heterocycles. The van der Waals surface area contributed by atoms with E-state index in [1.165, 1.54) is 0 Å². The highest BCUT2D eigenvalue weighted by atomic mass is 127. The van der Waals surface area contributed by atoms with Crippen molar-refractivity contribution < 1.29 is 47.6 Å². The van der Waals surface area contributed by atoms with Crippen molar-refractivity contribution in [2.24, 2.45) is 7.05 Å². The molecule has 2 aliphatic rings. The molecule has 0 saturated carbocycles. The number of hydrogen-bond acceptors (Lipinski definition) is 4. The molecule has 4 rings (SSSR count). The molecule has 2 aliphatic heterocycles. The van der Waals surface area contributed by atoms with Crippen molar-refractivity contribution in [3.05, 3.63) is 47.5 Å². The monoisotopic (exact) mass is 559 g/mol. The predicted octanol–water partition coefficient (Wildman–Crippen LogP) is 0.118. The van der Waals surface area contributed by atoms with Crippen LogP contribution in [0.15, 0.2) is 36.9 Å². The molecule has 31 heavy (non-hydrogen) atoms. The third-order valence-corrected chi connectivity index (χ3v) is 6.14. The molecule has 1 amide bonds. The number of fused-ring (bicyclic) bond motifs is 2. The van der Waals surface area contributed by atoms with Crippen LogP contribution in [0.25, 0.3) is 0 Å². The number of imidazole rings is 1. The van der Waals surface area contributed by atoms with Gasteiger partial charge in [-0.1, -0.05) is 17.7 Å². The minimum absolute atomic E-state index is 0. The molecule has 1 aromatic carbocycles. The lowest BCUT2D eigenvalue weighted by Crippen LogP contribution is -3.00. The van der Waals surface area contributed by atoms with Gasteiger partial charge in [-0.15, -0.1) is 0 Å². The second-order valence-electron chi connectivity index (χ2n) is 8.02. The summed E-state index contributed by atoms with van der Waals surface area (Å²) >= 11 is 6.41. The van der Waals surface area contributed by atoms with Crippen molar-refractivity contribution in [3.63, 3.8) is 0 Å². The van der Waals surface area contributed by atoms with E-state index >= 15 is 0 Å². The van der Waals surface area contributed by atoms with E-state index in [2.05, 4.69) is 0 Å². The number of nitrogens with zero attached hydrogens (tertiary/aromatic N) is 3. The summed E-state index contributed by atoms with van der Waals surface area (Å²) in [7, 11) is 1.90. The highest BCUT2D eigenvalue weighted by molar-refractivity contribution is 6.32. The van der Waals surface area contributed by atoms with Gasteiger partial charge in [0.05, 0.1) is 25.1 Å². The first-order valence-corrected chi connectivity index (χ1v) is 10.8. The van der Waals surface area contributed by atoms with E-state index in [-0.39, 0.29) is 60.6 Å². The van der Waals surface area contributed by atoms with Gasteiger partial charge in [-0.3, -0.25) is 9.69 Å². The Balaban J connectivity index is 0.00000272. The number of halogens is 2. The molecule has 2 saturated heterocycles. The third kappa shape index (κ3) is 5.34. The summed E-state index contributed by atoms with van der Waals surface area (Å²) in [6.45, 7) is 2.15. The Bertz CT molecular complexity index is 937. The molecular weight excluding hydrogens is 533 g/mol. The number of ether oxygens (including phenoxy) is 2. The molecule has 0 unspecified atom stereocenters. The van der Waals surface area contributed by atoms with Crippen LogP contribution in [0.1, 0.15) is 38.2 Å². The smallest absolute Gasteiger partial charge is 0.416 e. The summed E-state index contributed by atoms with van der Waals surface area (Å²) in [5.41, 5.74) is 0.797. The summed E-state index contributed by atoms with van der Waals surface area (Å²) in [5, 5.41) is 0.488. The molecule has 0 aliphatic carbocycles. The Morgan fingerprint density at radius 2 is 1.94 bits per heavy atom. The Morgan fingerprint density at radius 3 is 2.52 bits per heavy atom. The minimum atomic E-state index is -0.271. The fraction of sp³-hybridized carbons (Fsp3) is 0.500. The number of aromatic nitrogens is 2. The summed E-state index contributed by atoms with van der Waals surface area (Å²) in [5.74, 6) is 0.345. The molecule has 0 spiro atoms. The van der Waals surface area contributed by atoms with Crippen LogP contribution in [0.3, 0.4) is 0 Å². The van der Waals surface area contributed by atoms with Crippen LogP contribution >= 0.6 is 11.6 Å². The fourth-order valence-corrected chi connectivity index (χ4v) is 4.79. The van der Waals surface area contributed by atoms with Gasteiger partial charge in [-0.05, 0) is 37.5 Å². The highest BCUT2D eigenvalue weighted by Gasteiger charge is 2.46. The van der Waals surface area contributed by atoms with Crippen LogP contribution in [0, 0.1) is 0 Å². The zero-order valence-electron chi connectivity index (χ0n) is 17.7. The molecule has 9 heteroatoms. The summed E-state index contributed by atoms with van der Waals surface area (Å²) < 4.78 is 14.7. The summed E-state index contributed by atoms with van der Waals surface area (Å²) in [4.78, 5) is 26.6. The Kier molecular flexibility index (Phi) is 7.85. The lowest BCUT2D eigenvalue weighted by Gasteiger charge is -2.37. The van der Waals surface area contributed by atoms with Crippen molar-refractivity contribution in [2.75, 3.05) is 6.61 Å². The quantitative estimate of drug-likeness (QED) is 0.297. The van der Waals surface area contributed by atoms with Gasteiger partial charge in [0.15, 0.2) is 0 Å². The Morgan fingerprint density at radius 1 is 1.23 bits per heavy atom. The predicted molar refractivity (Wildman–Crippen MR) is 110 cm³/mol. The van der Waals surface area contributed by atoms with Crippen LogP contribution in [0.4, 0.5) is 4.79 Å². The van der Waals surface area contributed by atoms with Gasteiger partial charge in [0.1, 0.15) is 24.2 Å². The number of piperidine rings is 1. The van der Waals surface area contributed by atoms with Gasteiger partial charge in [-0.25, -0.2) is 9.36 Å². The van der Waals surface area contributed by atoms with Gasteiger partial charge in [0, 0.05) is 24.9 Å². The van der Waals surface area contributed by atoms with Gasteiger partial charge in [-0.2, -0.15) is 4.57 Å². The molecule has 2 fully saturated rings. The SMILES string of the molecule is CCOC(=O)Cc1ccc(O[C@H]2C[C@H]3CC[C@@H](C2)N3C(=O)n2cc[n+](C)c2)c(Cl)c1.[I-].